The van der Waals surface area contributed by atoms with E-state index in [4.69, 9.17) is 5.26 Å². The van der Waals surface area contributed by atoms with E-state index in [9.17, 15) is 4.79 Å². The molecule has 1 saturated heterocycles. The highest BCUT2D eigenvalue weighted by Crippen LogP contribution is 2.15. The van der Waals surface area contributed by atoms with Crippen LogP contribution in [-0.2, 0) is 4.79 Å². The first-order valence-electron chi connectivity index (χ1n) is 5.69. The third kappa shape index (κ3) is 3.52. The van der Waals surface area contributed by atoms with Crippen molar-refractivity contribution in [1.29, 1.82) is 5.26 Å². The van der Waals surface area contributed by atoms with Crippen LogP contribution in [0.15, 0.2) is 0 Å². The summed E-state index contributed by atoms with van der Waals surface area (Å²) in [5.74, 6) is 0.0650. The molecule has 0 aromatic rings. The van der Waals surface area contributed by atoms with Crippen LogP contribution in [0.2, 0.25) is 0 Å². The lowest BCUT2D eigenvalue weighted by molar-refractivity contribution is -0.130. The van der Waals surface area contributed by atoms with Gasteiger partial charge >= 0.3 is 0 Å². The van der Waals surface area contributed by atoms with Crippen LogP contribution in [0, 0.1) is 11.3 Å². The number of nitrogens with zero attached hydrogens (tertiary/aromatic N) is 2. The van der Waals surface area contributed by atoms with Gasteiger partial charge in [0.25, 0.3) is 0 Å². The Kier molecular flexibility index (Phi) is 5.13. The fraction of sp³-hybridized carbons (Fsp3) is 0.818. The first kappa shape index (κ1) is 12.0. The Morgan fingerprint density at radius 1 is 1.67 bits per heavy atom. The maximum Gasteiger partial charge on any atom is 0.237 e. The summed E-state index contributed by atoms with van der Waals surface area (Å²) >= 11 is 0. The normalized spacial score (nSPS) is 20.3. The quantitative estimate of drug-likeness (QED) is 0.684. The Bertz CT molecular complexity index is 247. The first-order chi connectivity index (χ1) is 7.29. The molecule has 0 aliphatic carbocycles. The molecule has 15 heavy (non-hydrogen) atoms. The monoisotopic (exact) mass is 209 g/mol. The van der Waals surface area contributed by atoms with Crippen LogP contribution in [0.25, 0.3) is 0 Å². The summed E-state index contributed by atoms with van der Waals surface area (Å²) < 4.78 is 0. The second kappa shape index (κ2) is 6.41. The van der Waals surface area contributed by atoms with Crippen LogP contribution in [0.1, 0.15) is 32.6 Å². The van der Waals surface area contributed by atoms with Crippen LogP contribution in [0.5, 0.6) is 0 Å². The number of nitriles is 1. The predicted octanol–water partition coefficient (Wildman–Crippen LogP) is 0.891. The third-order valence-electron chi connectivity index (χ3n) is 2.71. The van der Waals surface area contributed by atoms with Crippen LogP contribution < -0.4 is 5.32 Å². The fourth-order valence-electron chi connectivity index (χ4n) is 1.80. The van der Waals surface area contributed by atoms with Crippen molar-refractivity contribution in [2.24, 2.45) is 0 Å². The van der Waals surface area contributed by atoms with Crippen LogP contribution >= 0.6 is 0 Å². The Hall–Kier alpha value is -1.08. The zero-order valence-corrected chi connectivity index (χ0v) is 9.33. The molecule has 4 nitrogen and oxygen atoms in total. The molecule has 0 aromatic carbocycles. The number of carbonyl (C=O) groups excluding carboxylic acids is 1. The summed E-state index contributed by atoms with van der Waals surface area (Å²) in [5.41, 5.74) is 0. The van der Waals surface area contributed by atoms with Crippen molar-refractivity contribution in [2.45, 2.75) is 38.6 Å². The molecule has 0 aromatic heterocycles. The molecule has 1 heterocycles. The highest BCUT2D eigenvalue weighted by molar-refractivity contribution is 5.79. The van der Waals surface area contributed by atoms with E-state index in [0.717, 1.165) is 38.8 Å². The van der Waals surface area contributed by atoms with Gasteiger partial charge in [-0.3, -0.25) is 4.79 Å². The molecule has 0 unspecified atom stereocenters. The van der Waals surface area contributed by atoms with Gasteiger partial charge in [-0.15, -0.1) is 0 Å². The maximum atomic E-state index is 11.7. The van der Waals surface area contributed by atoms with E-state index >= 15 is 0 Å². The highest BCUT2D eigenvalue weighted by atomic mass is 16.2. The van der Waals surface area contributed by atoms with Crippen LogP contribution in [0.3, 0.4) is 0 Å². The summed E-state index contributed by atoms with van der Waals surface area (Å²) in [6.45, 7) is 4.12. The van der Waals surface area contributed by atoms with E-state index in [-0.39, 0.29) is 11.9 Å². The van der Waals surface area contributed by atoms with Gasteiger partial charge in [0, 0.05) is 6.54 Å². The number of carbonyl (C=O) groups is 1. The Morgan fingerprint density at radius 3 is 3.13 bits per heavy atom. The SMILES string of the molecule is CCCCNCC(=O)N1CCC[C@H]1C#N. The molecule has 1 aliphatic heterocycles. The summed E-state index contributed by atoms with van der Waals surface area (Å²) in [5, 5.41) is 11.9. The lowest BCUT2D eigenvalue weighted by Crippen LogP contribution is -2.40. The van der Waals surface area contributed by atoms with E-state index in [1.807, 2.05) is 0 Å². The Labute approximate surface area is 91.2 Å². The van der Waals surface area contributed by atoms with E-state index < -0.39 is 0 Å². The molecule has 1 aliphatic rings. The standard InChI is InChI=1S/C11H19N3O/c1-2-3-6-13-9-11(15)14-7-4-5-10(14)8-12/h10,13H,2-7,9H2,1H3/t10-/m0/s1. The van der Waals surface area contributed by atoms with Gasteiger partial charge in [0.1, 0.15) is 6.04 Å². The Balaban J connectivity index is 2.25. The van der Waals surface area contributed by atoms with Crippen molar-refractivity contribution in [1.82, 2.24) is 10.2 Å². The average molecular weight is 209 g/mol. The van der Waals surface area contributed by atoms with Gasteiger partial charge in [-0.05, 0) is 25.8 Å². The van der Waals surface area contributed by atoms with E-state index in [2.05, 4.69) is 18.3 Å². The minimum Gasteiger partial charge on any atom is -0.326 e. The van der Waals surface area contributed by atoms with Gasteiger partial charge in [0.2, 0.25) is 5.91 Å². The molecule has 0 saturated carbocycles. The molecular formula is C11H19N3O. The van der Waals surface area contributed by atoms with Crippen molar-refractivity contribution in [3.05, 3.63) is 0 Å². The number of rotatable bonds is 5. The Morgan fingerprint density at radius 2 is 2.47 bits per heavy atom. The van der Waals surface area contributed by atoms with Crippen molar-refractivity contribution in [3.8, 4) is 6.07 Å². The van der Waals surface area contributed by atoms with Crippen LogP contribution in [-0.4, -0.2) is 36.5 Å². The largest absolute Gasteiger partial charge is 0.326 e. The number of nitrogens with one attached hydrogen (secondary N) is 1. The maximum absolute atomic E-state index is 11.7. The minimum atomic E-state index is -0.189. The second-order valence-electron chi connectivity index (χ2n) is 3.90. The molecule has 84 valence electrons. The van der Waals surface area contributed by atoms with E-state index in [1.54, 1.807) is 4.90 Å². The molecule has 1 N–H and O–H groups in total. The molecule has 1 atom stereocenters. The lowest BCUT2D eigenvalue weighted by atomic mass is 10.2. The van der Waals surface area contributed by atoms with Crippen molar-refractivity contribution < 1.29 is 4.79 Å². The summed E-state index contributed by atoms with van der Waals surface area (Å²) in [6.07, 6.45) is 4.01. The number of unbranched alkanes of at least 4 members (excludes halogenated alkanes) is 1. The van der Waals surface area contributed by atoms with E-state index in [0.29, 0.717) is 6.54 Å². The van der Waals surface area contributed by atoms with Crippen molar-refractivity contribution in [3.63, 3.8) is 0 Å². The summed E-state index contributed by atoms with van der Waals surface area (Å²) in [6, 6.07) is 1.98. The molecule has 1 amide bonds. The van der Waals surface area contributed by atoms with Crippen LogP contribution in [0.4, 0.5) is 0 Å². The number of likely N-dealkylation sites (tertiary alicyclic amines) is 1. The number of amides is 1. The smallest absolute Gasteiger partial charge is 0.237 e. The van der Waals surface area contributed by atoms with E-state index in [1.165, 1.54) is 0 Å². The number of hydrogen-bond acceptors (Lipinski definition) is 3. The molecule has 0 spiro atoms. The fourth-order valence-corrected chi connectivity index (χ4v) is 1.80. The predicted molar refractivity (Wildman–Crippen MR) is 58.1 cm³/mol. The molecule has 1 rings (SSSR count). The van der Waals surface area contributed by atoms with Gasteiger partial charge in [-0.1, -0.05) is 13.3 Å². The molecule has 4 heteroatoms. The minimum absolute atomic E-state index is 0.0650. The highest BCUT2D eigenvalue weighted by Gasteiger charge is 2.27. The van der Waals surface area contributed by atoms with Gasteiger partial charge in [-0.2, -0.15) is 5.26 Å². The molecular weight excluding hydrogens is 190 g/mol. The van der Waals surface area contributed by atoms with Crippen molar-refractivity contribution in [2.75, 3.05) is 19.6 Å². The lowest BCUT2D eigenvalue weighted by Gasteiger charge is -2.19. The second-order valence-corrected chi connectivity index (χ2v) is 3.90. The van der Waals surface area contributed by atoms with Gasteiger partial charge in [0.05, 0.1) is 12.6 Å². The third-order valence-corrected chi connectivity index (χ3v) is 2.71. The topological polar surface area (TPSA) is 56.1 Å². The number of hydrogen-bond donors (Lipinski definition) is 1. The summed E-state index contributed by atoms with van der Waals surface area (Å²) in [4.78, 5) is 13.4. The molecule has 1 fully saturated rings. The summed E-state index contributed by atoms with van der Waals surface area (Å²) in [7, 11) is 0. The zero-order valence-electron chi connectivity index (χ0n) is 9.33. The molecule has 0 bridgehead atoms. The molecule has 0 radical (unpaired) electrons. The van der Waals surface area contributed by atoms with Crippen molar-refractivity contribution >= 4 is 5.91 Å². The zero-order chi connectivity index (χ0) is 11.1. The van der Waals surface area contributed by atoms with Gasteiger partial charge < -0.3 is 10.2 Å². The van der Waals surface area contributed by atoms with Gasteiger partial charge in [-0.25, -0.2) is 0 Å². The average Bonchev–Trinajstić information content (AvgIpc) is 2.72. The first-order valence-corrected chi connectivity index (χ1v) is 5.69. The van der Waals surface area contributed by atoms with Gasteiger partial charge in [0.15, 0.2) is 0 Å².